The summed E-state index contributed by atoms with van der Waals surface area (Å²) in [4.78, 5) is 22.6. The van der Waals surface area contributed by atoms with Crippen LogP contribution in [-0.4, -0.2) is 38.5 Å². The third kappa shape index (κ3) is 3.25. The molecule has 4 rings (SSSR count). The Hall–Kier alpha value is -2.93. The second-order valence-corrected chi connectivity index (χ2v) is 6.38. The summed E-state index contributed by atoms with van der Waals surface area (Å²) in [5.41, 5.74) is 2.77. The third-order valence-corrected chi connectivity index (χ3v) is 4.60. The summed E-state index contributed by atoms with van der Waals surface area (Å²) in [5.74, 6) is 0.174. The normalized spacial score (nSPS) is 16.5. The molecule has 0 spiro atoms. The SMILES string of the molecule is Cc1ncoc1C(=O)N1Cc2cccn2C(COCc2ccncc2)C1. The van der Waals surface area contributed by atoms with Crippen LogP contribution in [0.1, 0.15) is 33.5 Å². The van der Waals surface area contributed by atoms with E-state index in [9.17, 15) is 4.79 Å². The number of amides is 1. The molecule has 1 aliphatic heterocycles. The number of pyridine rings is 1. The molecule has 0 aromatic carbocycles. The zero-order valence-corrected chi connectivity index (χ0v) is 14.5. The van der Waals surface area contributed by atoms with Crippen molar-refractivity contribution in [3.8, 4) is 0 Å². The molecule has 7 nitrogen and oxygen atoms in total. The van der Waals surface area contributed by atoms with Crippen molar-refractivity contribution in [3.05, 3.63) is 72.0 Å². The predicted molar refractivity (Wildman–Crippen MR) is 93.3 cm³/mol. The lowest BCUT2D eigenvalue weighted by Gasteiger charge is -2.34. The van der Waals surface area contributed by atoms with Gasteiger partial charge >= 0.3 is 0 Å². The third-order valence-electron chi connectivity index (χ3n) is 4.60. The highest BCUT2D eigenvalue weighted by Gasteiger charge is 2.30. The van der Waals surface area contributed by atoms with E-state index in [1.54, 1.807) is 24.2 Å². The molecule has 1 aliphatic rings. The number of carbonyl (C=O) groups is 1. The standard InChI is InChI=1S/C19H20N4O3/c1-14-18(26-13-21-14)19(24)22-9-16-3-2-8-23(16)17(10-22)12-25-11-15-4-6-20-7-5-15/h2-8,13,17H,9-12H2,1H3. The average Bonchev–Trinajstić information content (AvgIpc) is 3.30. The molecule has 0 radical (unpaired) electrons. The molecular weight excluding hydrogens is 332 g/mol. The van der Waals surface area contributed by atoms with Crippen molar-refractivity contribution in [3.63, 3.8) is 0 Å². The first-order valence-corrected chi connectivity index (χ1v) is 8.54. The van der Waals surface area contributed by atoms with Gasteiger partial charge in [0.15, 0.2) is 6.39 Å². The summed E-state index contributed by atoms with van der Waals surface area (Å²) in [7, 11) is 0. The maximum atomic E-state index is 12.8. The number of hydrogen-bond acceptors (Lipinski definition) is 5. The van der Waals surface area contributed by atoms with Gasteiger partial charge in [-0.1, -0.05) is 0 Å². The summed E-state index contributed by atoms with van der Waals surface area (Å²) in [6, 6.07) is 7.96. The first kappa shape index (κ1) is 16.5. The van der Waals surface area contributed by atoms with Crippen LogP contribution in [0.25, 0.3) is 0 Å². The zero-order chi connectivity index (χ0) is 17.9. The van der Waals surface area contributed by atoms with E-state index in [1.807, 2.05) is 30.5 Å². The van der Waals surface area contributed by atoms with Crippen LogP contribution in [0.2, 0.25) is 0 Å². The molecule has 7 heteroatoms. The Morgan fingerprint density at radius 1 is 1.35 bits per heavy atom. The molecule has 0 N–H and O–H groups in total. The smallest absolute Gasteiger partial charge is 0.291 e. The summed E-state index contributed by atoms with van der Waals surface area (Å²) < 4.78 is 13.4. The van der Waals surface area contributed by atoms with E-state index in [0.717, 1.165) is 11.3 Å². The number of rotatable bonds is 5. The fraction of sp³-hybridized carbons (Fsp3) is 0.316. The van der Waals surface area contributed by atoms with E-state index in [0.29, 0.717) is 37.8 Å². The van der Waals surface area contributed by atoms with Crippen LogP contribution in [0.4, 0.5) is 0 Å². The van der Waals surface area contributed by atoms with E-state index in [-0.39, 0.29) is 11.9 Å². The number of oxazole rings is 1. The molecule has 26 heavy (non-hydrogen) atoms. The molecule has 0 bridgehead atoms. The number of ether oxygens (including phenoxy) is 1. The van der Waals surface area contributed by atoms with Gasteiger partial charge in [-0.2, -0.15) is 0 Å². The van der Waals surface area contributed by atoms with Crippen molar-refractivity contribution >= 4 is 5.91 Å². The van der Waals surface area contributed by atoms with E-state index >= 15 is 0 Å². The van der Waals surface area contributed by atoms with Crippen molar-refractivity contribution in [1.82, 2.24) is 19.4 Å². The number of nitrogens with zero attached hydrogens (tertiary/aromatic N) is 4. The molecule has 0 saturated heterocycles. The average molecular weight is 352 g/mol. The molecule has 3 aromatic heterocycles. The summed E-state index contributed by atoms with van der Waals surface area (Å²) in [5, 5.41) is 0. The van der Waals surface area contributed by atoms with Gasteiger partial charge in [0.2, 0.25) is 5.76 Å². The molecule has 0 aliphatic carbocycles. The maximum Gasteiger partial charge on any atom is 0.291 e. The number of fused-ring (bicyclic) bond motifs is 1. The molecule has 1 amide bonds. The number of carbonyl (C=O) groups excluding carboxylic acids is 1. The van der Waals surface area contributed by atoms with Gasteiger partial charge in [0, 0.05) is 30.8 Å². The zero-order valence-electron chi connectivity index (χ0n) is 14.5. The quantitative estimate of drug-likeness (QED) is 0.706. The Kier molecular flexibility index (Phi) is 4.53. The topological polar surface area (TPSA) is 73.4 Å². The van der Waals surface area contributed by atoms with Crippen molar-refractivity contribution in [2.45, 2.75) is 26.1 Å². The van der Waals surface area contributed by atoms with Crippen LogP contribution < -0.4 is 0 Å². The van der Waals surface area contributed by atoms with Crippen LogP contribution in [0.3, 0.4) is 0 Å². The maximum absolute atomic E-state index is 12.8. The van der Waals surface area contributed by atoms with Gasteiger partial charge in [-0.25, -0.2) is 4.98 Å². The van der Waals surface area contributed by atoms with Crippen molar-refractivity contribution in [1.29, 1.82) is 0 Å². The molecule has 134 valence electrons. The fourth-order valence-electron chi connectivity index (χ4n) is 3.25. The first-order valence-electron chi connectivity index (χ1n) is 8.54. The van der Waals surface area contributed by atoms with Gasteiger partial charge in [-0.3, -0.25) is 9.78 Å². The van der Waals surface area contributed by atoms with Crippen molar-refractivity contribution in [2.24, 2.45) is 0 Å². The molecule has 1 unspecified atom stereocenters. The number of aromatic nitrogens is 3. The second-order valence-electron chi connectivity index (χ2n) is 6.38. The Balaban J connectivity index is 1.46. The number of aryl methyl sites for hydroxylation is 1. The Morgan fingerprint density at radius 3 is 2.96 bits per heavy atom. The van der Waals surface area contributed by atoms with Crippen molar-refractivity contribution < 1.29 is 13.9 Å². The predicted octanol–water partition coefficient (Wildman–Crippen LogP) is 2.59. The minimum Gasteiger partial charge on any atom is -0.438 e. The lowest BCUT2D eigenvalue weighted by molar-refractivity contribution is 0.0460. The van der Waals surface area contributed by atoms with Crippen molar-refractivity contribution in [2.75, 3.05) is 13.2 Å². The summed E-state index contributed by atoms with van der Waals surface area (Å²) in [6.45, 7) is 3.93. The fourth-order valence-corrected chi connectivity index (χ4v) is 3.25. The molecular formula is C19H20N4O3. The van der Waals surface area contributed by atoms with Gasteiger partial charge in [0.25, 0.3) is 5.91 Å². The minimum atomic E-state index is -0.133. The van der Waals surface area contributed by atoms with E-state index in [2.05, 4.69) is 14.5 Å². The molecule has 0 fully saturated rings. The Morgan fingerprint density at radius 2 is 2.19 bits per heavy atom. The molecule has 1 atom stereocenters. The monoisotopic (exact) mass is 352 g/mol. The van der Waals surface area contributed by atoms with E-state index < -0.39 is 0 Å². The van der Waals surface area contributed by atoms with Gasteiger partial charge in [0.05, 0.1) is 31.5 Å². The lowest BCUT2D eigenvalue weighted by atomic mass is 10.1. The van der Waals surface area contributed by atoms with Gasteiger partial charge in [-0.05, 0) is 36.8 Å². The first-order chi connectivity index (χ1) is 12.7. The minimum absolute atomic E-state index is 0.0581. The largest absolute Gasteiger partial charge is 0.438 e. The highest BCUT2D eigenvalue weighted by Crippen LogP contribution is 2.24. The van der Waals surface area contributed by atoms with E-state index in [4.69, 9.17) is 9.15 Å². The van der Waals surface area contributed by atoms with Gasteiger partial charge in [0.1, 0.15) is 0 Å². The van der Waals surface area contributed by atoms with Crippen LogP contribution >= 0.6 is 0 Å². The lowest BCUT2D eigenvalue weighted by Crippen LogP contribution is -2.42. The van der Waals surface area contributed by atoms with Crippen LogP contribution in [0, 0.1) is 6.92 Å². The Labute approximate surface area is 151 Å². The highest BCUT2D eigenvalue weighted by atomic mass is 16.5. The highest BCUT2D eigenvalue weighted by molar-refractivity contribution is 5.92. The van der Waals surface area contributed by atoms with Gasteiger partial charge < -0.3 is 18.6 Å². The Bertz CT molecular complexity index is 887. The van der Waals surface area contributed by atoms with Crippen LogP contribution in [-0.2, 0) is 17.9 Å². The van der Waals surface area contributed by atoms with Crippen LogP contribution in [0.5, 0.6) is 0 Å². The summed E-state index contributed by atoms with van der Waals surface area (Å²) in [6.07, 6.45) is 6.86. The van der Waals surface area contributed by atoms with E-state index in [1.165, 1.54) is 6.39 Å². The molecule has 0 saturated carbocycles. The second kappa shape index (κ2) is 7.13. The van der Waals surface area contributed by atoms with Gasteiger partial charge in [-0.15, -0.1) is 0 Å². The molecule has 4 heterocycles. The molecule has 3 aromatic rings. The number of hydrogen-bond donors (Lipinski definition) is 0. The van der Waals surface area contributed by atoms with Crippen LogP contribution in [0.15, 0.2) is 53.7 Å². The summed E-state index contributed by atoms with van der Waals surface area (Å²) >= 11 is 0.